The number of nitrogens with zero attached hydrogens (tertiary/aromatic N) is 1. The number of unbranched alkanes of at least 4 members (excludes halogenated alkanes) is 4. The standard InChI is InChI=1S/C20H34N2O3/c1-3-4-5-7-10-18(24)21-14-9-6-8-11-19(25)22-15-12-20(2,17-23)13-16-22/h1,23H,4-17H2,2H3,(H,21,24). The van der Waals surface area contributed by atoms with E-state index < -0.39 is 0 Å². The van der Waals surface area contributed by atoms with E-state index in [2.05, 4.69) is 18.2 Å². The van der Waals surface area contributed by atoms with Gasteiger partial charge >= 0.3 is 0 Å². The molecule has 0 unspecified atom stereocenters. The SMILES string of the molecule is C#CCCCCC(=O)NCCCCCC(=O)N1CCC(C)(CO)CC1. The zero-order valence-corrected chi connectivity index (χ0v) is 15.7. The summed E-state index contributed by atoms with van der Waals surface area (Å²) in [5.74, 6) is 2.88. The monoisotopic (exact) mass is 350 g/mol. The molecule has 0 aromatic heterocycles. The lowest BCUT2D eigenvalue weighted by Crippen LogP contribution is -2.43. The Morgan fingerprint density at radius 3 is 2.44 bits per heavy atom. The zero-order chi connectivity index (χ0) is 18.5. The van der Waals surface area contributed by atoms with Crippen LogP contribution < -0.4 is 5.32 Å². The van der Waals surface area contributed by atoms with Crippen molar-refractivity contribution in [1.82, 2.24) is 10.2 Å². The molecule has 0 aromatic rings. The third-order valence-corrected chi connectivity index (χ3v) is 5.07. The van der Waals surface area contributed by atoms with Crippen LogP contribution in [-0.4, -0.2) is 48.1 Å². The molecule has 1 aliphatic heterocycles. The molecule has 0 spiro atoms. The van der Waals surface area contributed by atoms with Crippen molar-refractivity contribution in [2.45, 2.75) is 71.1 Å². The molecule has 0 bridgehead atoms. The molecule has 0 radical (unpaired) electrons. The van der Waals surface area contributed by atoms with Crippen molar-refractivity contribution in [2.75, 3.05) is 26.2 Å². The molecule has 0 aliphatic carbocycles. The van der Waals surface area contributed by atoms with Crippen LogP contribution in [0.1, 0.15) is 71.1 Å². The van der Waals surface area contributed by atoms with Gasteiger partial charge in [0.1, 0.15) is 0 Å². The maximum atomic E-state index is 12.2. The van der Waals surface area contributed by atoms with Crippen molar-refractivity contribution in [3.63, 3.8) is 0 Å². The number of hydrogen-bond donors (Lipinski definition) is 2. The number of aliphatic hydroxyl groups excluding tert-OH is 1. The van der Waals surface area contributed by atoms with Crippen LogP contribution >= 0.6 is 0 Å². The van der Waals surface area contributed by atoms with Crippen molar-refractivity contribution < 1.29 is 14.7 Å². The number of likely N-dealkylation sites (tertiary alicyclic amines) is 1. The first kappa shape index (κ1) is 21.5. The summed E-state index contributed by atoms with van der Waals surface area (Å²) < 4.78 is 0. The van der Waals surface area contributed by atoms with Gasteiger partial charge in [0.2, 0.25) is 11.8 Å². The van der Waals surface area contributed by atoms with Gasteiger partial charge in [-0.05, 0) is 43.9 Å². The Labute approximate surface area is 152 Å². The molecule has 2 N–H and O–H groups in total. The van der Waals surface area contributed by atoms with Crippen LogP contribution in [0.3, 0.4) is 0 Å². The normalized spacial score (nSPS) is 16.3. The summed E-state index contributed by atoms with van der Waals surface area (Å²) in [7, 11) is 0. The fourth-order valence-corrected chi connectivity index (χ4v) is 3.02. The third-order valence-electron chi connectivity index (χ3n) is 5.07. The van der Waals surface area contributed by atoms with Crippen LogP contribution in [0, 0.1) is 17.8 Å². The molecule has 1 saturated heterocycles. The smallest absolute Gasteiger partial charge is 0.222 e. The molecule has 1 rings (SSSR count). The minimum atomic E-state index is -0.0180. The summed E-state index contributed by atoms with van der Waals surface area (Å²) in [4.78, 5) is 25.7. The number of nitrogens with one attached hydrogen (secondary N) is 1. The maximum Gasteiger partial charge on any atom is 0.222 e. The summed E-state index contributed by atoms with van der Waals surface area (Å²) in [6.07, 6.45) is 13.3. The van der Waals surface area contributed by atoms with Crippen molar-refractivity contribution in [3.8, 4) is 12.3 Å². The predicted molar refractivity (Wildman–Crippen MR) is 99.8 cm³/mol. The van der Waals surface area contributed by atoms with Crippen molar-refractivity contribution in [3.05, 3.63) is 0 Å². The van der Waals surface area contributed by atoms with Crippen LogP contribution in [0.2, 0.25) is 0 Å². The molecule has 2 amide bonds. The van der Waals surface area contributed by atoms with Crippen LogP contribution in [0.15, 0.2) is 0 Å². The van der Waals surface area contributed by atoms with E-state index >= 15 is 0 Å². The van der Waals surface area contributed by atoms with Crippen LogP contribution in [0.25, 0.3) is 0 Å². The van der Waals surface area contributed by atoms with Crippen molar-refractivity contribution in [1.29, 1.82) is 0 Å². The van der Waals surface area contributed by atoms with E-state index in [1.165, 1.54) is 0 Å². The number of piperidine rings is 1. The van der Waals surface area contributed by atoms with E-state index in [-0.39, 0.29) is 23.8 Å². The quantitative estimate of drug-likeness (QED) is 0.444. The molecule has 5 heteroatoms. The summed E-state index contributed by atoms with van der Waals surface area (Å²) in [6, 6.07) is 0. The van der Waals surface area contributed by atoms with Gasteiger partial charge in [0.05, 0.1) is 0 Å². The average molecular weight is 351 g/mol. The molecule has 25 heavy (non-hydrogen) atoms. The molecule has 0 aromatic carbocycles. The van der Waals surface area contributed by atoms with Gasteiger partial charge in [0, 0.05) is 45.5 Å². The Morgan fingerprint density at radius 1 is 1.12 bits per heavy atom. The Balaban J connectivity index is 2.00. The number of rotatable bonds is 11. The first-order chi connectivity index (χ1) is 12.0. The van der Waals surface area contributed by atoms with Crippen molar-refractivity contribution in [2.24, 2.45) is 5.41 Å². The maximum absolute atomic E-state index is 12.2. The number of terminal acetylenes is 1. The number of hydrogen-bond acceptors (Lipinski definition) is 3. The first-order valence-electron chi connectivity index (χ1n) is 9.59. The minimum Gasteiger partial charge on any atom is -0.396 e. The molecule has 1 fully saturated rings. The fourth-order valence-electron chi connectivity index (χ4n) is 3.02. The number of amides is 2. The second kappa shape index (κ2) is 11.9. The van der Waals surface area contributed by atoms with Crippen molar-refractivity contribution >= 4 is 11.8 Å². The molecule has 1 heterocycles. The van der Waals surface area contributed by atoms with Gasteiger partial charge in [-0.3, -0.25) is 9.59 Å². The Kier molecular flexibility index (Phi) is 10.3. The second-order valence-corrected chi connectivity index (χ2v) is 7.42. The topological polar surface area (TPSA) is 69.6 Å². The van der Waals surface area contributed by atoms with E-state index in [1.54, 1.807) is 0 Å². The van der Waals surface area contributed by atoms with Gasteiger partial charge in [-0.25, -0.2) is 0 Å². The highest BCUT2D eigenvalue weighted by Gasteiger charge is 2.30. The highest BCUT2D eigenvalue weighted by Crippen LogP contribution is 2.30. The van der Waals surface area contributed by atoms with Gasteiger partial charge in [-0.15, -0.1) is 12.3 Å². The van der Waals surface area contributed by atoms with E-state index in [9.17, 15) is 14.7 Å². The average Bonchev–Trinajstić information content (AvgIpc) is 2.62. The van der Waals surface area contributed by atoms with Gasteiger partial charge < -0.3 is 15.3 Å². The van der Waals surface area contributed by atoms with E-state index in [0.717, 1.165) is 64.5 Å². The predicted octanol–water partition coefficient (Wildman–Crippen LogP) is 2.48. The minimum absolute atomic E-state index is 0.0180. The van der Waals surface area contributed by atoms with Gasteiger partial charge in [-0.1, -0.05) is 13.3 Å². The molecular weight excluding hydrogens is 316 g/mol. The second-order valence-electron chi connectivity index (χ2n) is 7.42. The van der Waals surface area contributed by atoms with E-state index in [1.807, 2.05) is 4.90 Å². The van der Waals surface area contributed by atoms with Crippen LogP contribution in [0.5, 0.6) is 0 Å². The van der Waals surface area contributed by atoms with Gasteiger partial charge in [0.25, 0.3) is 0 Å². The molecular formula is C20H34N2O3. The summed E-state index contributed by atoms with van der Waals surface area (Å²) >= 11 is 0. The summed E-state index contributed by atoms with van der Waals surface area (Å²) in [6.45, 7) is 4.47. The van der Waals surface area contributed by atoms with Gasteiger partial charge in [-0.2, -0.15) is 0 Å². The Morgan fingerprint density at radius 2 is 1.80 bits per heavy atom. The van der Waals surface area contributed by atoms with E-state index in [4.69, 9.17) is 6.42 Å². The van der Waals surface area contributed by atoms with Gasteiger partial charge in [0.15, 0.2) is 0 Å². The number of carbonyl (C=O) groups is 2. The van der Waals surface area contributed by atoms with E-state index in [0.29, 0.717) is 19.4 Å². The lowest BCUT2D eigenvalue weighted by molar-refractivity contribution is -0.134. The highest BCUT2D eigenvalue weighted by molar-refractivity contribution is 5.76. The van der Waals surface area contributed by atoms with Crippen LogP contribution in [0.4, 0.5) is 0 Å². The van der Waals surface area contributed by atoms with Crippen LogP contribution in [-0.2, 0) is 9.59 Å². The molecule has 1 aliphatic rings. The lowest BCUT2D eigenvalue weighted by Gasteiger charge is -2.38. The lowest BCUT2D eigenvalue weighted by atomic mass is 9.81. The number of carbonyl (C=O) groups excluding carboxylic acids is 2. The third kappa shape index (κ3) is 8.92. The summed E-state index contributed by atoms with van der Waals surface area (Å²) in [5, 5.41) is 12.3. The zero-order valence-electron chi connectivity index (χ0n) is 15.7. The number of aliphatic hydroxyl groups is 1. The molecule has 5 nitrogen and oxygen atoms in total. The molecule has 0 saturated carbocycles. The molecule has 142 valence electrons. The Bertz CT molecular complexity index is 448. The summed E-state index contributed by atoms with van der Waals surface area (Å²) in [5.41, 5.74) is -0.0180. The molecule has 0 atom stereocenters. The fraction of sp³-hybridized carbons (Fsp3) is 0.800. The Hall–Kier alpha value is -1.54. The first-order valence-corrected chi connectivity index (χ1v) is 9.59. The highest BCUT2D eigenvalue weighted by atomic mass is 16.3. The largest absolute Gasteiger partial charge is 0.396 e.